The van der Waals surface area contributed by atoms with Gasteiger partial charge in [0, 0.05) is 7.11 Å². The summed E-state index contributed by atoms with van der Waals surface area (Å²) in [5, 5.41) is 0. The molecule has 3 nitrogen and oxygen atoms in total. The molecule has 0 bridgehead atoms. The fourth-order valence-electron chi connectivity index (χ4n) is 2.90. The summed E-state index contributed by atoms with van der Waals surface area (Å²) >= 11 is 0. The van der Waals surface area contributed by atoms with E-state index in [9.17, 15) is 0 Å². The molecule has 3 N–H and O–H groups in total. The summed E-state index contributed by atoms with van der Waals surface area (Å²) in [5.41, 5.74) is 3.10. The molecule has 1 aliphatic rings. The minimum atomic E-state index is 0.132. The largest absolute Gasteiger partial charge is 0.379 e. The highest BCUT2D eigenvalue weighted by molar-refractivity contribution is 4.90. The molecule has 0 aromatic heterocycles. The summed E-state index contributed by atoms with van der Waals surface area (Å²) in [6.07, 6.45) is 6.87. The highest BCUT2D eigenvalue weighted by Crippen LogP contribution is 2.33. The standard InChI is InChI=1S/C13H28N2O/c1-13(2,3)12(15-14)11(16-4)10-8-6-5-7-9-10/h10-12,15H,5-9,14H2,1-4H3. The van der Waals surface area contributed by atoms with Gasteiger partial charge in [-0.1, -0.05) is 40.0 Å². The number of ether oxygens (including phenoxy) is 1. The molecule has 2 unspecified atom stereocenters. The molecule has 1 fully saturated rings. The predicted molar refractivity (Wildman–Crippen MR) is 67.9 cm³/mol. The third-order valence-corrected chi connectivity index (χ3v) is 3.83. The molecule has 1 rings (SSSR count). The third-order valence-electron chi connectivity index (χ3n) is 3.83. The van der Waals surface area contributed by atoms with Crippen LogP contribution in [-0.2, 0) is 4.74 Å². The molecule has 16 heavy (non-hydrogen) atoms. The average molecular weight is 228 g/mol. The van der Waals surface area contributed by atoms with E-state index in [4.69, 9.17) is 10.6 Å². The Hall–Kier alpha value is -0.120. The minimum Gasteiger partial charge on any atom is -0.379 e. The van der Waals surface area contributed by atoms with E-state index in [2.05, 4.69) is 26.2 Å². The Morgan fingerprint density at radius 3 is 2.12 bits per heavy atom. The zero-order valence-corrected chi connectivity index (χ0v) is 11.3. The van der Waals surface area contributed by atoms with Crippen molar-refractivity contribution in [3.8, 4) is 0 Å². The molecule has 2 atom stereocenters. The molecule has 0 heterocycles. The van der Waals surface area contributed by atoms with Crippen molar-refractivity contribution in [3.63, 3.8) is 0 Å². The number of hydrogen-bond acceptors (Lipinski definition) is 3. The Morgan fingerprint density at radius 2 is 1.75 bits per heavy atom. The van der Waals surface area contributed by atoms with Gasteiger partial charge < -0.3 is 4.74 Å². The van der Waals surface area contributed by atoms with Gasteiger partial charge >= 0.3 is 0 Å². The van der Waals surface area contributed by atoms with Gasteiger partial charge in [0.25, 0.3) is 0 Å². The number of rotatable bonds is 4. The van der Waals surface area contributed by atoms with Crippen molar-refractivity contribution >= 4 is 0 Å². The molecule has 1 saturated carbocycles. The number of nitrogens with one attached hydrogen (secondary N) is 1. The third kappa shape index (κ3) is 3.44. The molecule has 0 aliphatic heterocycles. The molecule has 3 heteroatoms. The van der Waals surface area contributed by atoms with Gasteiger partial charge in [0.05, 0.1) is 12.1 Å². The lowest BCUT2D eigenvalue weighted by Gasteiger charge is -2.40. The highest BCUT2D eigenvalue weighted by Gasteiger charge is 2.36. The molecular weight excluding hydrogens is 200 g/mol. The van der Waals surface area contributed by atoms with Crippen LogP contribution < -0.4 is 11.3 Å². The van der Waals surface area contributed by atoms with Crippen LogP contribution in [0.3, 0.4) is 0 Å². The van der Waals surface area contributed by atoms with Crippen LogP contribution in [0.4, 0.5) is 0 Å². The monoisotopic (exact) mass is 228 g/mol. The van der Waals surface area contributed by atoms with E-state index in [-0.39, 0.29) is 17.6 Å². The van der Waals surface area contributed by atoms with Gasteiger partial charge in [0.1, 0.15) is 0 Å². The zero-order chi connectivity index (χ0) is 12.2. The van der Waals surface area contributed by atoms with Crippen LogP contribution in [0.15, 0.2) is 0 Å². The first-order valence-electron chi connectivity index (χ1n) is 6.49. The lowest BCUT2D eigenvalue weighted by Crippen LogP contribution is -2.55. The second-order valence-electron chi connectivity index (χ2n) is 6.11. The van der Waals surface area contributed by atoms with Crippen molar-refractivity contribution in [1.82, 2.24) is 5.43 Å². The Morgan fingerprint density at radius 1 is 1.19 bits per heavy atom. The summed E-state index contributed by atoms with van der Waals surface area (Å²) in [6.45, 7) is 6.64. The predicted octanol–water partition coefficient (Wildman–Crippen LogP) is 2.46. The summed E-state index contributed by atoms with van der Waals surface area (Å²) in [7, 11) is 1.81. The van der Waals surface area contributed by atoms with Crippen molar-refractivity contribution in [2.24, 2.45) is 17.2 Å². The molecular formula is C13H28N2O. The number of nitrogens with two attached hydrogens (primary N) is 1. The molecule has 0 radical (unpaired) electrons. The fourth-order valence-corrected chi connectivity index (χ4v) is 2.90. The van der Waals surface area contributed by atoms with Crippen LogP contribution in [0.1, 0.15) is 52.9 Å². The molecule has 0 aromatic carbocycles. The molecule has 0 amide bonds. The summed E-state index contributed by atoms with van der Waals surface area (Å²) in [6, 6.07) is 0.223. The highest BCUT2D eigenvalue weighted by atomic mass is 16.5. The quantitative estimate of drug-likeness (QED) is 0.574. The SMILES string of the molecule is COC(C1CCCCC1)C(NN)C(C)(C)C. The van der Waals surface area contributed by atoms with Crippen molar-refractivity contribution in [1.29, 1.82) is 0 Å². The van der Waals surface area contributed by atoms with E-state index < -0.39 is 0 Å². The van der Waals surface area contributed by atoms with E-state index in [1.54, 1.807) is 0 Å². The second-order valence-corrected chi connectivity index (χ2v) is 6.11. The van der Waals surface area contributed by atoms with Gasteiger partial charge in [-0.05, 0) is 24.2 Å². The van der Waals surface area contributed by atoms with Crippen molar-refractivity contribution in [2.75, 3.05) is 7.11 Å². The first-order chi connectivity index (χ1) is 7.50. The number of hydrogen-bond donors (Lipinski definition) is 2. The van der Waals surface area contributed by atoms with Gasteiger partial charge in [-0.15, -0.1) is 0 Å². The van der Waals surface area contributed by atoms with E-state index in [0.717, 1.165) is 0 Å². The fraction of sp³-hybridized carbons (Fsp3) is 1.00. The Balaban J connectivity index is 2.69. The number of hydrazine groups is 1. The Labute approximate surface area is 100 Å². The first kappa shape index (κ1) is 13.9. The second kappa shape index (κ2) is 5.99. The van der Waals surface area contributed by atoms with E-state index in [0.29, 0.717) is 5.92 Å². The van der Waals surface area contributed by atoms with Crippen LogP contribution in [0.25, 0.3) is 0 Å². The van der Waals surface area contributed by atoms with Crippen LogP contribution in [0.2, 0.25) is 0 Å². The van der Waals surface area contributed by atoms with E-state index in [1.165, 1.54) is 32.1 Å². The molecule has 0 aromatic rings. The van der Waals surface area contributed by atoms with Gasteiger partial charge in [0.15, 0.2) is 0 Å². The van der Waals surface area contributed by atoms with E-state index in [1.807, 2.05) is 7.11 Å². The van der Waals surface area contributed by atoms with E-state index >= 15 is 0 Å². The van der Waals surface area contributed by atoms with Gasteiger partial charge in [0.2, 0.25) is 0 Å². The topological polar surface area (TPSA) is 47.3 Å². The van der Waals surface area contributed by atoms with Gasteiger partial charge in [-0.2, -0.15) is 0 Å². The maximum atomic E-state index is 5.73. The lowest BCUT2D eigenvalue weighted by atomic mass is 9.75. The molecule has 1 aliphatic carbocycles. The van der Waals surface area contributed by atoms with Crippen molar-refractivity contribution < 1.29 is 4.74 Å². The summed E-state index contributed by atoms with van der Waals surface area (Å²) in [5.74, 6) is 6.38. The van der Waals surface area contributed by atoms with Crippen LogP contribution in [0, 0.1) is 11.3 Å². The number of methoxy groups -OCH3 is 1. The Kier molecular flexibility index (Phi) is 5.22. The van der Waals surface area contributed by atoms with Crippen LogP contribution in [-0.4, -0.2) is 19.3 Å². The molecule has 0 spiro atoms. The van der Waals surface area contributed by atoms with Crippen LogP contribution >= 0.6 is 0 Å². The smallest absolute Gasteiger partial charge is 0.0770 e. The van der Waals surface area contributed by atoms with Crippen molar-refractivity contribution in [2.45, 2.75) is 65.0 Å². The van der Waals surface area contributed by atoms with Crippen molar-refractivity contribution in [3.05, 3.63) is 0 Å². The van der Waals surface area contributed by atoms with Crippen LogP contribution in [0.5, 0.6) is 0 Å². The first-order valence-corrected chi connectivity index (χ1v) is 6.49. The minimum absolute atomic E-state index is 0.132. The molecule has 0 saturated heterocycles. The zero-order valence-electron chi connectivity index (χ0n) is 11.3. The van der Waals surface area contributed by atoms with Gasteiger partial charge in [-0.3, -0.25) is 11.3 Å². The maximum absolute atomic E-state index is 5.73. The molecule has 96 valence electrons. The lowest BCUT2D eigenvalue weighted by molar-refractivity contribution is -0.0215. The normalized spacial score (nSPS) is 23.1. The Bertz CT molecular complexity index is 195. The summed E-state index contributed by atoms with van der Waals surface area (Å²) in [4.78, 5) is 0. The average Bonchev–Trinajstić information content (AvgIpc) is 2.25. The van der Waals surface area contributed by atoms with Gasteiger partial charge in [-0.25, -0.2) is 0 Å². The summed E-state index contributed by atoms with van der Waals surface area (Å²) < 4.78 is 5.73. The maximum Gasteiger partial charge on any atom is 0.0770 e.